The summed E-state index contributed by atoms with van der Waals surface area (Å²) < 4.78 is 9.79. The molecule has 0 radical (unpaired) electrons. The van der Waals surface area contributed by atoms with E-state index in [1.807, 2.05) is 54.9 Å². The van der Waals surface area contributed by atoms with Crippen molar-refractivity contribution in [3.63, 3.8) is 0 Å². The fraction of sp³-hybridized carbons (Fsp3) is 0.217. The minimum absolute atomic E-state index is 0.194. The smallest absolute Gasteiger partial charge is 0.282 e. The second-order valence-corrected chi connectivity index (χ2v) is 8.04. The van der Waals surface area contributed by atoms with E-state index in [0.717, 1.165) is 32.7 Å². The highest BCUT2D eigenvalue weighted by Gasteiger charge is 2.12. The Kier molecular flexibility index (Phi) is 5.73. The van der Waals surface area contributed by atoms with Crippen LogP contribution in [-0.2, 0) is 6.54 Å². The number of rotatable bonds is 5. The lowest BCUT2D eigenvalue weighted by Crippen LogP contribution is -2.20. The van der Waals surface area contributed by atoms with Crippen LogP contribution in [0.5, 0.6) is 5.75 Å². The van der Waals surface area contributed by atoms with Gasteiger partial charge in [-0.05, 0) is 72.6 Å². The van der Waals surface area contributed by atoms with Crippen molar-refractivity contribution in [1.29, 1.82) is 0 Å². The Morgan fingerprint density at radius 3 is 2.65 bits per heavy atom. The summed E-state index contributed by atoms with van der Waals surface area (Å²) in [4.78, 5) is 17.3. The monoisotopic (exact) mass is 479 g/mol. The van der Waals surface area contributed by atoms with E-state index in [4.69, 9.17) is 4.74 Å². The van der Waals surface area contributed by atoms with E-state index in [1.165, 1.54) is 4.68 Å². The molecule has 0 atom stereocenters. The first-order valence-corrected chi connectivity index (χ1v) is 10.6. The number of hydrogen-bond acceptors (Lipinski definition) is 5. The van der Waals surface area contributed by atoms with Crippen molar-refractivity contribution in [2.24, 2.45) is 5.10 Å². The van der Waals surface area contributed by atoms with Crippen LogP contribution in [0.15, 0.2) is 56.8 Å². The molecule has 0 amide bonds. The van der Waals surface area contributed by atoms with E-state index >= 15 is 0 Å². The Balaban J connectivity index is 1.70. The first-order chi connectivity index (χ1) is 14.9. The van der Waals surface area contributed by atoms with Crippen LogP contribution in [0.3, 0.4) is 0 Å². The molecule has 0 unspecified atom stereocenters. The lowest BCUT2D eigenvalue weighted by Gasteiger charge is -2.11. The Labute approximate surface area is 188 Å². The molecule has 4 aromatic rings. The molecule has 0 fully saturated rings. The molecule has 0 saturated carbocycles. The average molecular weight is 480 g/mol. The number of para-hydroxylation sites is 1. The van der Waals surface area contributed by atoms with E-state index in [1.54, 1.807) is 26.3 Å². The highest BCUT2D eigenvalue weighted by atomic mass is 79.9. The molecule has 2 aromatic carbocycles. The van der Waals surface area contributed by atoms with Crippen molar-refractivity contribution in [2.75, 3.05) is 7.11 Å². The first kappa shape index (κ1) is 21.0. The summed E-state index contributed by atoms with van der Waals surface area (Å²) in [5.74, 6) is 1.29. The van der Waals surface area contributed by atoms with E-state index in [0.29, 0.717) is 23.3 Å². The summed E-state index contributed by atoms with van der Waals surface area (Å²) in [5.41, 5.74) is 4.26. The van der Waals surface area contributed by atoms with Gasteiger partial charge in [-0.3, -0.25) is 9.48 Å². The SMILES string of the molecule is COc1ccc(C=Nn2c(C)nc3ccccc3c2=O)cc1Cn1nc(C)c(Br)c1C. The number of nitrogens with zero attached hydrogens (tertiary/aromatic N) is 5. The molecule has 0 aliphatic carbocycles. The number of fused-ring (bicyclic) bond motifs is 1. The Bertz CT molecular complexity index is 1370. The van der Waals surface area contributed by atoms with E-state index in [-0.39, 0.29) is 5.56 Å². The second-order valence-electron chi connectivity index (χ2n) is 7.25. The third-order valence-electron chi connectivity index (χ3n) is 5.16. The molecule has 158 valence electrons. The van der Waals surface area contributed by atoms with Crippen LogP contribution in [-0.4, -0.2) is 32.8 Å². The van der Waals surface area contributed by atoms with Gasteiger partial charge >= 0.3 is 0 Å². The molecule has 2 heterocycles. The fourth-order valence-corrected chi connectivity index (χ4v) is 3.77. The molecular weight excluding hydrogens is 458 g/mol. The van der Waals surface area contributed by atoms with E-state index in [2.05, 4.69) is 31.1 Å². The third kappa shape index (κ3) is 4.03. The minimum Gasteiger partial charge on any atom is -0.496 e. The van der Waals surface area contributed by atoms with Gasteiger partial charge in [-0.1, -0.05) is 12.1 Å². The van der Waals surface area contributed by atoms with Gasteiger partial charge in [-0.25, -0.2) is 4.98 Å². The van der Waals surface area contributed by atoms with Crippen LogP contribution in [0.1, 0.15) is 28.3 Å². The van der Waals surface area contributed by atoms with Gasteiger partial charge in [0.05, 0.1) is 46.6 Å². The molecule has 0 N–H and O–H groups in total. The van der Waals surface area contributed by atoms with Crippen LogP contribution in [0, 0.1) is 20.8 Å². The van der Waals surface area contributed by atoms with Crippen LogP contribution < -0.4 is 10.3 Å². The third-order valence-corrected chi connectivity index (χ3v) is 6.30. The standard InChI is InChI=1S/C23H22BrN5O2/c1-14-22(24)15(2)28(27-14)13-18-11-17(9-10-21(18)31-4)12-25-29-16(3)26-20-8-6-5-7-19(20)23(29)30/h5-12H,13H2,1-4H3. The Morgan fingerprint density at radius 2 is 1.94 bits per heavy atom. The normalized spacial score (nSPS) is 11.5. The molecule has 0 saturated heterocycles. The first-order valence-electron chi connectivity index (χ1n) is 9.78. The molecule has 0 aliphatic rings. The Morgan fingerprint density at radius 1 is 1.16 bits per heavy atom. The largest absolute Gasteiger partial charge is 0.496 e. The molecule has 0 bridgehead atoms. The highest BCUT2D eigenvalue weighted by Crippen LogP contribution is 2.24. The number of ether oxygens (including phenoxy) is 1. The minimum atomic E-state index is -0.194. The lowest BCUT2D eigenvalue weighted by atomic mass is 10.1. The van der Waals surface area contributed by atoms with Gasteiger partial charge in [0, 0.05) is 5.56 Å². The lowest BCUT2D eigenvalue weighted by molar-refractivity contribution is 0.407. The van der Waals surface area contributed by atoms with Crippen LogP contribution in [0.25, 0.3) is 10.9 Å². The number of aryl methyl sites for hydroxylation is 2. The molecule has 7 nitrogen and oxygen atoms in total. The summed E-state index contributed by atoms with van der Waals surface area (Å²) in [6.45, 7) is 6.31. The predicted octanol–water partition coefficient (Wildman–Crippen LogP) is 4.22. The van der Waals surface area contributed by atoms with Crippen molar-refractivity contribution >= 4 is 33.0 Å². The molecule has 0 aliphatic heterocycles. The quantitative estimate of drug-likeness (QED) is 0.401. The summed E-state index contributed by atoms with van der Waals surface area (Å²) in [6, 6.07) is 13.0. The number of hydrogen-bond donors (Lipinski definition) is 0. The Hall–Kier alpha value is -3.26. The summed E-state index contributed by atoms with van der Waals surface area (Å²) in [5, 5.41) is 9.53. The zero-order valence-electron chi connectivity index (χ0n) is 17.8. The average Bonchev–Trinajstić information content (AvgIpc) is 3.00. The molecule has 2 aromatic heterocycles. The van der Waals surface area contributed by atoms with Crippen LogP contribution in [0.4, 0.5) is 0 Å². The highest BCUT2D eigenvalue weighted by molar-refractivity contribution is 9.10. The topological polar surface area (TPSA) is 74.3 Å². The van der Waals surface area contributed by atoms with Crippen molar-refractivity contribution in [3.05, 3.63) is 85.6 Å². The maximum Gasteiger partial charge on any atom is 0.282 e. The summed E-state index contributed by atoms with van der Waals surface area (Å²) in [6.07, 6.45) is 1.66. The number of benzene rings is 2. The summed E-state index contributed by atoms with van der Waals surface area (Å²) >= 11 is 3.57. The zero-order valence-corrected chi connectivity index (χ0v) is 19.3. The van der Waals surface area contributed by atoms with Gasteiger partial charge in [0.25, 0.3) is 5.56 Å². The second kappa shape index (κ2) is 8.47. The van der Waals surface area contributed by atoms with Gasteiger partial charge in [-0.15, -0.1) is 0 Å². The predicted molar refractivity (Wildman–Crippen MR) is 125 cm³/mol. The van der Waals surface area contributed by atoms with Crippen molar-refractivity contribution < 1.29 is 4.74 Å². The molecule has 8 heteroatoms. The van der Waals surface area contributed by atoms with Gasteiger partial charge in [-0.2, -0.15) is 14.9 Å². The molecule has 4 rings (SSSR count). The van der Waals surface area contributed by atoms with Crippen molar-refractivity contribution in [1.82, 2.24) is 19.4 Å². The zero-order chi connectivity index (χ0) is 22.1. The number of methoxy groups -OCH3 is 1. The van der Waals surface area contributed by atoms with Crippen molar-refractivity contribution in [2.45, 2.75) is 27.3 Å². The van der Waals surface area contributed by atoms with Gasteiger partial charge in [0.2, 0.25) is 0 Å². The fourth-order valence-electron chi connectivity index (χ4n) is 3.49. The number of halogens is 1. The van der Waals surface area contributed by atoms with Crippen LogP contribution in [0.2, 0.25) is 0 Å². The molecule has 31 heavy (non-hydrogen) atoms. The van der Waals surface area contributed by atoms with Crippen molar-refractivity contribution in [3.8, 4) is 5.75 Å². The maximum atomic E-state index is 12.8. The van der Waals surface area contributed by atoms with Gasteiger partial charge in [0.1, 0.15) is 11.6 Å². The van der Waals surface area contributed by atoms with Crippen LogP contribution >= 0.6 is 15.9 Å². The number of aromatic nitrogens is 4. The van der Waals surface area contributed by atoms with E-state index in [9.17, 15) is 4.79 Å². The maximum absolute atomic E-state index is 12.8. The van der Waals surface area contributed by atoms with E-state index < -0.39 is 0 Å². The summed E-state index contributed by atoms with van der Waals surface area (Å²) in [7, 11) is 1.65. The molecular formula is C23H22BrN5O2. The molecule has 0 spiro atoms. The van der Waals surface area contributed by atoms with Gasteiger partial charge < -0.3 is 4.74 Å². The van der Waals surface area contributed by atoms with Gasteiger partial charge in [0.15, 0.2) is 0 Å².